The fraction of sp³-hybridized carbons (Fsp3) is 0.154. The van der Waals surface area contributed by atoms with E-state index in [0.29, 0.717) is 25.3 Å². The fourth-order valence-corrected chi connectivity index (χ4v) is 4.25. The number of rotatable bonds is 4. The zero-order valence-electron chi connectivity index (χ0n) is 17.1. The topological polar surface area (TPSA) is 56.4 Å². The van der Waals surface area contributed by atoms with Crippen LogP contribution in [0.1, 0.15) is 27.7 Å². The molecule has 0 bridgehead atoms. The number of carbonyl (C=O) groups excluding carboxylic acids is 2. The molecule has 1 aromatic heterocycles. The summed E-state index contributed by atoms with van der Waals surface area (Å²) in [6.07, 6.45) is 0. The molecule has 1 aliphatic heterocycles. The number of nitrogens with zero attached hydrogens (tertiary/aromatic N) is 2. The quantitative estimate of drug-likeness (QED) is 0.543. The van der Waals surface area contributed by atoms with Gasteiger partial charge >= 0.3 is 0 Å². The number of fused-ring (bicyclic) bond motifs is 1. The molecule has 31 heavy (non-hydrogen) atoms. The number of hydrogen-bond acceptors (Lipinski definition) is 2. The highest BCUT2D eigenvalue weighted by Crippen LogP contribution is 2.30. The molecule has 1 atom stereocenters. The molecular weight excluding hydrogens is 386 g/mol. The van der Waals surface area contributed by atoms with Crippen LogP contribution < -0.4 is 0 Å². The van der Waals surface area contributed by atoms with Crippen molar-refractivity contribution >= 4 is 22.7 Å². The molecule has 3 aromatic carbocycles. The molecule has 1 fully saturated rings. The number of amides is 2. The minimum absolute atomic E-state index is 0.0502. The fourth-order valence-electron chi connectivity index (χ4n) is 4.25. The number of piperazine rings is 1. The molecule has 5 heteroatoms. The smallest absolute Gasteiger partial charge is 0.271 e. The lowest BCUT2D eigenvalue weighted by molar-refractivity contribution is -0.141. The second-order valence-corrected chi connectivity index (χ2v) is 7.83. The summed E-state index contributed by atoms with van der Waals surface area (Å²) >= 11 is 0. The molecule has 0 radical (unpaired) electrons. The summed E-state index contributed by atoms with van der Waals surface area (Å²) < 4.78 is 0. The third-order valence-electron chi connectivity index (χ3n) is 5.82. The number of aromatic amines is 1. The normalized spacial score (nSPS) is 16.6. The van der Waals surface area contributed by atoms with Gasteiger partial charge in [-0.25, -0.2) is 0 Å². The molecule has 0 spiro atoms. The maximum Gasteiger partial charge on any atom is 0.271 e. The van der Waals surface area contributed by atoms with Gasteiger partial charge in [-0.2, -0.15) is 0 Å². The Hall–Kier alpha value is -3.86. The van der Waals surface area contributed by atoms with Crippen molar-refractivity contribution in [1.82, 2.24) is 14.8 Å². The average Bonchev–Trinajstić information content (AvgIpc) is 3.25. The van der Waals surface area contributed by atoms with E-state index in [0.717, 1.165) is 22.0 Å². The highest BCUT2D eigenvalue weighted by molar-refractivity contribution is 6.01. The molecule has 0 unspecified atom stereocenters. The zero-order valence-corrected chi connectivity index (χ0v) is 17.1. The van der Waals surface area contributed by atoms with Crippen molar-refractivity contribution < 1.29 is 9.59 Å². The van der Waals surface area contributed by atoms with E-state index in [4.69, 9.17) is 0 Å². The predicted octanol–water partition coefficient (Wildman–Crippen LogP) is 4.39. The third-order valence-corrected chi connectivity index (χ3v) is 5.82. The van der Waals surface area contributed by atoms with Crippen LogP contribution in [0.5, 0.6) is 0 Å². The van der Waals surface area contributed by atoms with E-state index in [1.807, 2.05) is 95.9 Å². The highest BCUT2D eigenvalue weighted by atomic mass is 16.2. The maximum absolute atomic E-state index is 13.6. The summed E-state index contributed by atoms with van der Waals surface area (Å²) in [7, 11) is 0. The Morgan fingerprint density at radius 1 is 0.871 bits per heavy atom. The van der Waals surface area contributed by atoms with Crippen LogP contribution in [0.15, 0.2) is 91.0 Å². The molecule has 0 aliphatic carbocycles. The lowest BCUT2D eigenvalue weighted by Gasteiger charge is -2.40. The van der Waals surface area contributed by atoms with Crippen molar-refractivity contribution in [3.63, 3.8) is 0 Å². The van der Waals surface area contributed by atoms with Gasteiger partial charge in [0, 0.05) is 30.5 Å². The average molecular weight is 409 g/mol. The van der Waals surface area contributed by atoms with E-state index in [-0.39, 0.29) is 11.8 Å². The molecule has 5 rings (SSSR count). The minimum Gasteiger partial charge on any atom is -0.351 e. The molecule has 1 N–H and O–H groups in total. The Labute approximate surface area is 180 Å². The van der Waals surface area contributed by atoms with Gasteiger partial charge in [-0.1, -0.05) is 78.9 Å². The number of nitrogens with one attached hydrogen (secondary N) is 1. The molecule has 2 amide bonds. The van der Waals surface area contributed by atoms with Gasteiger partial charge in [0.2, 0.25) is 5.91 Å². The SMILES string of the molecule is O=C1[C@H](c2ccccc2)N(C(=O)c2cc3ccccc3[nH]2)CCN1Cc1ccccc1. The maximum atomic E-state index is 13.6. The predicted molar refractivity (Wildman–Crippen MR) is 120 cm³/mol. The Balaban J connectivity index is 1.47. The van der Waals surface area contributed by atoms with Gasteiger partial charge in [0.15, 0.2) is 0 Å². The van der Waals surface area contributed by atoms with Crippen LogP contribution in [0.2, 0.25) is 0 Å². The largest absolute Gasteiger partial charge is 0.351 e. The number of aromatic nitrogens is 1. The van der Waals surface area contributed by atoms with Crippen molar-refractivity contribution in [1.29, 1.82) is 0 Å². The first-order chi connectivity index (χ1) is 15.2. The number of carbonyl (C=O) groups is 2. The first kappa shape index (κ1) is 19.1. The molecule has 1 saturated heterocycles. The number of hydrogen-bond donors (Lipinski definition) is 1. The Bertz CT molecular complexity index is 1180. The number of H-pyrrole nitrogens is 1. The molecule has 2 heterocycles. The van der Waals surface area contributed by atoms with Crippen LogP contribution >= 0.6 is 0 Å². The Morgan fingerprint density at radius 2 is 1.55 bits per heavy atom. The summed E-state index contributed by atoms with van der Waals surface area (Å²) in [6.45, 7) is 1.52. The van der Waals surface area contributed by atoms with Gasteiger partial charge in [-0.3, -0.25) is 9.59 Å². The minimum atomic E-state index is -0.641. The van der Waals surface area contributed by atoms with Gasteiger partial charge in [-0.05, 0) is 23.3 Å². The van der Waals surface area contributed by atoms with E-state index in [1.54, 1.807) is 4.90 Å². The molecule has 0 saturated carbocycles. The van der Waals surface area contributed by atoms with Crippen molar-refractivity contribution in [3.05, 3.63) is 108 Å². The third kappa shape index (κ3) is 3.70. The van der Waals surface area contributed by atoms with Gasteiger partial charge in [0.25, 0.3) is 5.91 Å². The van der Waals surface area contributed by atoms with E-state index in [2.05, 4.69) is 4.98 Å². The van der Waals surface area contributed by atoms with Crippen LogP contribution in [0.3, 0.4) is 0 Å². The van der Waals surface area contributed by atoms with Crippen LogP contribution in [0.25, 0.3) is 10.9 Å². The number of benzene rings is 3. The second-order valence-electron chi connectivity index (χ2n) is 7.83. The van der Waals surface area contributed by atoms with Gasteiger partial charge in [0.1, 0.15) is 11.7 Å². The van der Waals surface area contributed by atoms with E-state index < -0.39 is 6.04 Å². The summed E-state index contributed by atoms with van der Waals surface area (Å²) in [5.74, 6) is -0.205. The van der Waals surface area contributed by atoms with Crippen molar-refractivity contribution in [3.8, 4) is 0 Å². The first-order valence-corrected chi connectivity index (χ1v) is 10.5. The molecule has 154 valence electrons. The van der Waals surface area contributed by atoms with Crippen LogP contribution in [-0.2, 0) is 11.3 Å². The van der Waals surface area contributed by atoms with Gasteiger partial charge < -0.3 is 14.8 Å². The zero-order chi connectivity index (χ0) is 21.2. The summed E-state index contributed by atoms with van der Waals surface area (Å²) in [5, 5.41) is 0.983. The van der Waals surface area contributed by atoms with E-state index >= 15 is 0 Å². The Morgan fingerprint density at radius 3 is 2.29 bits per heavy atom. The van der Waals surface area contributed by atoms with Crippen molar-refractivity contribution in [2.24, 2.45) is 0 Å². The van der Waals surface area contributed by atoms with E-state index in [9.17, 15) is 9.59 Å². The second kappa shape index (κ2) is 8.11. The lowest BCUT2D eigenvalue weighted by Crippen LogP contribution is -2.53. The monoisotopic (exact) mass is 409 g/mol. The molecule has 1 aliphatic rings. The van der Waals surface area contributed by atoms with Crippen LogP contribution in [0.4, 0.5) is 0 Å². The van der Waals surface area contributed by atoms with Crippen LogP contribution in [0, 0.1) is 0 Å². The lowest BCUT2D eigenvalue weighted by atomic mass is 10.00. The summed E-state index contributed by atoms with van der Waals surface area (Å²) in [4.78, 5) is 33.8. The molecule has 5 nitrogen and oxygen atoms in total. The van der Waals surface area contributed by atoms with Gasteiger partial charge in [-0.15, -0.1) is 0 Å². The first-order valence-electron chi connectivity index (χ1n) is 10.5. The Kier molecular flexibility index (Phi) is 5.00. The van der Waals surface area contributed by atoms with Gasteiger partial charge in [0.05, 0.1) is 0 Å². The summed E-state index contributed by atoms with van der Waals surface area (Å²) in [5.41, 5.74) is 3.33. The highest BCUT2D eigenvalue weighted by Gasteiger charge is 2.39. The summed E-state index contributed by atoms with van der Waals surface area (Å²) in [6, 6.07) is 28.6. The van der Waals surface area contributed by atoms with Crippen LogP contribution in [-0.4, -0.2) is 39.7 Å². The van der Waals surface area contributed by atoms with Crippen molar-refractivity contribution in [2.75, 3.05) is 13.1 Å². The van der Waals surface area contributed by atoms with Crippen molar-refractivity contribution in [2.45, 2.75) is 12.6 Å². The van der Waals surface area contributed by atoms with E-state index in [1.165, 1.54) is 0 Å². The molecule has 4 aromatic rings. The number of para-hydroxylation sites is 1. The standard InChI is InChI=1S/C26H23N3O2/c30-25(23-17-21-13-7-8-14-22(21)27-23)29-16-15-28(18-19-9-3-1-4-10-19)26(31)24(29)20-11-5-2-6-12-20/h1-14,17,24,27H,15-16,18H2/t24-/m0/s1. The molecular formula is C26H23N3O2.